The monoisotopic (exact) mass is 212 g/mol. The first kappa shape index (κ1) is 12.1. The lowest BCUT2D eigenvalue weighted by Gasteiger charge is -2.23. The molecule has 0 saturated heterocycles. The van der Waals surface area contributed by atoms with Crippen LogP contribution in [0.25, 0.3) is 0 Å². The van der Waals surface area contributed by atoms with Crippen molar-refractivity contribution < 1.29 is 5.11 Å². The molecule has 1 aromatic rings. The molecular weight excluding hydrogens is 192 g/mol. The van der Waals surface area contributed by atoms with Gasteiger partial charge in [0.2, 0.25) is 0 Å². The van der Waals surface area contributed by atoms with Crippen LogP contribution in [0.4, 0.5) is 0 Å². The highest BCUT2D eigenvalue weighted by Crippen LogP contribution is 2.17. The molecule has 5 heteroatoms. The van der Waals surface area contributed by atoms with E-state index in [1.807, 2.05) is 7.05 Å². The zero-order valence-electron chi connectivity index (χ0n) is 9.69. The van der Waals surface area contributed by atoms with E-state index in [-0.39, 0.29) is 12.0 Å². The fourth-order valence-corrected chi connectivity index (χ4v) is 1.39. The number of aliphatic hydroxyl groups excluding tert-OH is 1. The number of aliphatic hydroxyl groups is 1. The van der Waals surface area contributed by atoms with E-state index in [0.29, 0.717) is 0 Å². The largest absolute Gasteiger partial charge is 0.396 e. The lowest BCUT2D eigenvalue weighted by atomic mass is 9.90. The van der Waals surface area contributed by atoms with E-state index < -0.39 is 0 Å². The summed E-state index contributed by atoms with van der Waals surface area (Å²) in [7, 11) is 1.88. The molecule has 0 aliphatic rings. The molecule has 0 atom stereocenters. The molecule has 15 heavy (non-hydrogen) atoms. The Morgan fingerprint density at radius 3 is 2.80 bits per heavy atom. The van der Waals surface area contributed by atoms with Crippen molar-refractivity contribution in [3.63, 3.8) is 0 Å². The number of nitrogens with zero attached hydrogens (tertiary/aromatic N) is 3. The smallest absolute Gasteiger partial charge is 0.0738 e. The Labute approximate surface area is 90.5 Å². The van der Waals surface area contributed by atoms with E-state index >= 15 is 0 Å². The summed E-state index contributed by atoms with van der Waals surface area (Å²) in [4.78, 5) is 0. The molecule has 0 amide bonds. The van der Waals surface area contributed by atoms with Crippen LogP contribution in [0.5, 0.6) is 0 Å². The Morgan fingerprint density at radius 2 is 2.27 bits per heavy atom. The lowest BCUT2D eigenvalue weighted by Crippen LogP contribution is -2.30. The third kappa shape index (κ3) is 3.97. The fraction of sp³-hybridized carbons (Fsp3) is 0.800. The van der Waals surface area contributed by atoms with Gasteiger partial charge in [0.15, 0.2) is 0 Å². The predicted molar refractivity (Wildman–Crippen MR) is 58.2 cm³/mol. The number of nitrogens with one attached hydrogen (secondary N) is 1. The normalized spacial score (nSPS) is 12.0. The Bertz CT molecular complexity index is 295. The number of rotatable bonds is 6. The average Bonchev–Trinajstić information content (AvgIpc) is 2.51. The van der Waals surface area contributed by atoms with E-state index in [1.54, 1.807) is 10.9 Å². The predicted octanol–water partition coefficient (Wildman–Crippen LogP) is 0.313. The lowest BCUT2D eigenvalue weighted by molar-refractivity contribution is 0.206. The Hall–Kier alpha value is -0.940. The summed E-state index contributed by atoms with van der Waals surface area (Å²) in [5, 5.41) is 19.9. The van der Waals surface area contributed by atoms with Crippen LogP contribution >= 0.6 is 0 Å². The minimum Gasteiger partial charge on any atom is -0.396 e. The van der Waals surface area contributed by atoms with Gasteiger partial charge in [-0.2, -0.15) is 0 Å². The van der Waals surface area contributed by atoms with Crippen LogP contribution in [0, 0.1) is 5.41 Å². The second-order valence-electron chi connectivity index (χ2n) is 4.59. The highest BCUT2D eigenvalue weighted by atomic mass is 16.3. The molecule has 0 aromatic carbocycles. The van der Waals surface area contributed by atoms with Gasteiger partial charge in [0.25, 0.3) is 0 Å². The minimum absolute atomic E-state index is 0.126. The topological polar surface area (TPSA) is 63.0 Å². The van der Waals surface area contributed by atoms with Gasteiger partial charge in [-0.1, -0.05) is 19.1 Å². The molecule has 0 fully saturated rings. The van der Waals surface area contributed by atoms with Crippen LogP contribution in [0.1, 0.15) is 26.0 Å². The summed E-state index contributed by atoms with van der Waals surface area (Å²) in [6.45, 7) is 6.15. The first-order valence-corrected chi connectivity index (χ1v) is 5.20. The van der Waals surface area contributed by atoms with Crippen LogP contribution in [-0.2, 0) is 13.6 Å². The molecule has 5 nitrogen and oxygen atoms in total. The summed E-state index contributed by atoms with van der Waals surface area (Å²) in [5.74, 6) is 0. The number of hydrogen-bond acceptors (Lipinski definition) is 4. The molecule has 0 radical (unpaired) electrons. The van der Waals surface area contributed by atoms with Crippen molar-refractivity contribution in [3.8, 4) is 0 Å². The van der Waals surface area contributed by atoms with E-state index in [9.17, 15) is 0 Å². The Balaban J connectivity index is 2.30. The van der Waals surface area contributed by atoms with E-state index in [2.05, 4.69) is 29.5 Å². The van der Waals surface area contributed by atoms with Gasteiger partial charge in [0.1, 0.15) is 0 Å². The SMILES string of the molecule is Cn1nncc1CNCC(C)(C)CCO. The molecule has 0 aliphatic heterocycles. The summed E-state index contributed by atoms with van der Waals surface area (Å²) in [6, 6.07) is 0. The van der Waals surface area contributed by atoms with Crippen LogP contribution < -0.4 is 5.32 Å². The van der Waals surface area contributed by atoms with Crippen molar-refractivity contribution in [2.45, 2.75) is 26.8 Å². The minimum atomic E-state index is 0.126. The van der Waals surface area contributed by atoms with Crippen LogP contribution in [-0.4, -0.2) is 33.3 Å². The van der Waals surface area contributed by atoms with Gasteiger partial charge < -0.3 is 10.4 Å². The first-order valence-electron chi connectivity index (χ1n) is 5.20. The van der Waals surface area contributed by atoms with Crippen molar-refractivity contribution in [2.75, 3.05) is 13.2 Å². The van der Waals surface area contributed by atoms with Crippen molar-refractivity contribution >= 4 is 0 Å². The molecule has 0 saturated carbocycles. The highest BCUT2D eigenvalue weighted by Gasteiger charge is 2.16. The molecule has 86 valence electrons. The zero-order chi connectivity index (χ0) is 11.3. The maximum Gasteiger partial charge on any atom is 0.0738 e. The number of aryl methyl sites for hydroxylation is 1. The van der Waals surface area contributed by atoms with Gasteiger partial charge in [-0.25, -0.2) is 0 Å². The van der Waals surface area contributed by atoms with Crippen LogP contribution in [0.2, 0.25) is 0 Å². The number of aromatic nitrogens is 3. The summed E-state index contributed by atoms with van der Waals surface area (Å²) < 4.78 is 1.76. The van der Waals surface area contributed by atoms with Gasteiger partial charge in [-0.05, 0) is 11.8 Å². The van der Waals surface area contributed by atoms with Gasteiger partial charge in [0, 0.05) is 26.7 Å². The third-order valence-electron chi connectivity index (χ3n) is 2.51. The van der Waals surface area contributed by atoms with E-state index in [4.69, 9.17) is 5.11 Å². The molecule has 1 aromatic heterocycles. The second-order valence-corrected chi connectivity index (χ2v) is 4.59. The molecular formula is C10H20N4O. The Morgan fingerprint density at radius 1 is 1.53 bits per heavy atom. The molecule has 0 bridgehead atoms. The fourth-order valence-electron chi connectivity index (χ4n) is 1.39. The van der Waals surface area contributed by atoms with E-state index in [0.717, 1.165) is 25.2 Å². The van der Waals surface area contributed by atoms with Gasteiger partial charge >= 0.3 is 0 Å². The second kappa shape index (κ2) is 5.23. The molecule has 1 rings (SSSR count). The zero-order valence-corrected chi connectivity index (χ0v) is 9.69. The number of hydrogen-bond donors (Lipinski definition) is 2. The van der Waals surface area contributed by atoms with Crippen molar-refractivity contribution in [2.24, 2.45) is 12.5 Å². The van der Waals surface area contributed by atoms with Crippen molar-refractivity contribution in [1.82, 2.24) is 20.3 Å². The maximum atomic E-state index is 8.88. The maximum absolute atomic E-state index is 8.88. The average molecular weight is 212 g/mol. The molecule has 1 heterocycles. The standard InChI is InChI=1S/C10H20N4O/c1-10(2,4-5-15)8-11-6-9-7-12-13-14(9)3/h7,11,15H,4-6,8H2,1-3H3. The van der Waals surface area contributed by atoms with Gasteiger partial charge in [0.05, 0.1) is 11.9 Å². The highest BCUT2D eigenvalue weighted by molar-refractivity contribution is 4.92. The quantitative estimate of drug-likeness (QED) is 0.712. The van der Waals surface area contributed by atoms with Crippen molar-refractivity contribution in [1.29, 1.82) is 0 Å². The third-order valence-corrected chi connectivity index (χ3v) is 2.51. The van der Waals surface area contributed by atoms with E-state index in [1.165, 1.54) is 0 Å². The summed E-state index contributed by atoms with van der Waals surface area (Å²) >= 11 is 0. The van der Waals surface area contributed by atoms with Crippen molar-refractivity contribution in [3.05, 3.63) is 11.9 Å². The van der Waals surface area contributed by atoms with Crippen LogP contribution in [0.3, 0.4) is 0 Å². The van der Waals surface area contributed by atoms with Crippen LogP contribution in [0.15, 0.2) is 6.20 Å². The summed E-state index contributed by atoms with van der Waals surface area (Å²) in [5.41, 5.74) is 1.19. The molecule has 0 unspecified atom stereocenters. The summed E-state index contributed by atoms with van der Waals surface area (Å²) in [6.07, 6.45) is 2.57. The first-order chi connectivity index (χ1) is 7.05. The molecule has 0 aliphatic carbocycles. The molecule has 0 spiro atoms. The van der Waals surface area contributed by atoms with Gasteiger partial charge in [-0.3, -0.25) is 4.68 Å². The molecule has 2 N–H and O–H groups in total. The Kier molecular flexibility index (Phi) is 4.23. The van der Waals surface area contributed by atoms with Gasteiger partial charge in [-0.15, -0.1) is 5.10 Å².